The lowest BCUT2D eigenvalue weighted by Crippen LogP contribution is -2.27. The van der Waals surface area contributed by atoms with Gasteiger partial charge < -0.3 is 15.2 Å². The molecule has 126 valence electrons. The summed E-state index contributed by atoms with van der Waals surface area (Å²) in [5, 5.41) is 11.9. The molecule has 5 nitrogen and oxygen atoms in total. The summed E-state index contributed by atoms with van der Waals surface area (Å²) in [5.41, 5.74) is 2.67. The van der Waals surface area contributed by atoms with Crippen molar-refractivity contribution in [3.05, 3.63) is 59.7 Å². The van der Waals surface area contributed by atoms with Gasteiger partial charge in [0.15, 0.2) is 0 Å². The number of carbonyl (C=O) groups is 2. The lowest BCUT2D eigenvalue weighted by atomic mass is 9.94. The van der Waals surface area contributed by atoms with E-state index in [1.807, 2.05) is 31.2 Å². The number of hydrogen-bond acceptors (Lipinski definition) is 3. The Bertz CT molecular complexity index is 692. The minimum absolute atomic E-state index is 0.212. The molecule has 0 fully saturated rings. The fourth-order valence-corrected chi connectivity index (χ4v) is 2.40. The second-order valence-corrected chi connectivity index (χ2v) is 5.70. The number of carboxylic acids is 1. The van der Waals surface area contributed by atoms with Gasteiger partial charge in [0, 0.05) is 5.69 Å². The van der Waals surface area contributed by atoms with Gasteiger partial charge in [-0.3, -0.25) is 9.59 Å². The van der Waals surface area contributed by atoms with Crippen molar-refractivity contribution in [1.29, 1.82) is 0 Å². The molecule has 1 amide bonds. The van der Waals surface area contributed by atoms with Gasteiger partial charge in [-0.1, -0.05) is 29.8 Å². The van der Waals surface area contributed by atoms with Crippen LogP contribution in [0, 0.1) is 12.8 Å². The van der Waals surface area contributed by atoms with Gasteiger partial charge >= 0.3 is 5.97 Å². The Kier molecular flexibility index (Phi) is 5.95. The molecule has 1 atom stereocenters. The number of aryl methyl sites for hydroxylation is 1. The van der Waals surface area contributed by atoms with Gasteiger partial charge in [0.1, 0.15) is 5.75 Å². The Labute approximate surface area is 141 Å². The van der Waals surface area contributed by atoms with Crippen molar-refractivity contribution < 1.29 is 19.4 Å². The molecule has 0 radical (unpaired) electrons. The Morgan fingerprint density at radius 1 is 1.08 bits per heavy atom. The Morgan fingerprint density at radius 2 is 1.71 bits per heavy atom. The first kappa shape index (κ1) is 17.5. The molecule has 2 aromatic carbocycles. The zero-order valence-electron chi connectivity index (χ0n) is 13.8. The van der Waals surface area contributed by atoms with Crippen LogP contribution in [-0.2, 0) is 16.0 Å². The fourth-order valence-electron chi connectivity index (χ4n) is 2.40. The highest BCUT2D eigenvalue weighted by atomic mass is 16.5. The maximum absolute atomic E-state index is 12.5. The molecular formula is C19H21NO4. The number of carboxylic acid groups (broad SMARTS) is 1. The number of hydrogen-bond donors (Lipinski definition) is 2. The van der Waals surface area contributed by atoms with Crippen molar-refractivity contribution in [2.75, 3.05) is 12.4 Å². The van der Waals surface area contributed by atoms with Crippen molar-refractivity contribution >= 4 is 17.6 Å². The summed E-state index contributed by atoms with van der Waals surface area (Å²) in [6, 6.07) is 14.7. The minimum atomic E-state index is -0.989. The Hall–Kier alpha value is -2.82. The van der Waals surface area contributed by atoms with Crippen molar-refractivity contribution in [2.24, 2.45) is 5.92 Å². The largest absolute Gasteiger partial charge is 0.497 e. The SMILES string of the molecule is COc1ccc(NC(=O)[C@H](CC(=O)O)Cc2ccc(C)cc2)cc1. The van der Waals surface area contributed by atoms with E-state index < -0.39 is 11.9 Å². The number of nitrogens with one attached hydrogen (secondary N) is 1. The van der Waals surface area contributed by atoms with Crippen LogP contribution in [-0.4, -0.2) is 24.1 Å². The van der Waals surface area contributed by atoms with E-state index in [1.54, 1.807) is 31.4 Å². The fraction of sp³-hybridized carbons (Fsp3) is 0.263. The maximum atomic E-state index is 12.5. The predicted molar refractivity (Wildman–Crippen MR) is 92.2 cm³/mol. The number of aliphatic carboxylic acids is 1. The normalized spacial score (nSPS) is 11.6. The molecule has 0 aliphatic carbocycles. The summed E-state index contributed by atoms with van der Waals surface area (Å²) in [6.45, 7) is 1.98. The van der Waals surface area contributed by atoms with E-state index in [0.29, 0.717) is 17.9 Å². The highest BCUT2D eigenvalue weighted by Gasteiger charge is 2.22. The van der Waals surface area contributed by atoms with Crippen LogP contribution in [0.5, 0.6) is 5.75 Å². The minimum Gasteiger partial charge on any atom is -0.497 e. The van der Waals surface area contributed by atoms with E-state index >= 15 is 0 Å². The van der Waals surface area contributed by atoms with Gasteiger partial charge in [-0.25, -0.2) is 0 Å². The van der Waals surface area contributed by atoms with Gasteiger partial charge in [0.25, 0.3) is 0 Å². The average Bonchev–Trinajstić information content (AvgIpc) is 2.56. The molecule has 0 saturated carbocycles. The van der Waals surface area contributed by atoms with Gasteiger partial charge in [0.2, 0.25) is 5.91 Å². The maximum Gasteiger partial charge on any atom is 0.304 e. The average molecular weight is 327 g/mol. The molecule has 0 unspecified atom stereocenters. The second-order valence-electron chi connectivity index (χ2n) is 5.70. The molecule has 2 aromatic rings. The Balaban J connectivity index is 2.08. The van der Waals surface area contributed by atoms with Crippen LogP contribution in [0.4, 0.5) is 5.69 Å². The molecule has 24 heavy (non-hydrogen) atoms. The molecule has 0 aliphatic rings. The predicted octanol–water partition coefficient (Wildman–Crippen LogP) is 3.28. The second kappa shape index (κ2) is 8.15. The van der Waals surface area contributed by atoms with Crippen molar-refractivity contribution in [3.63, 3.8) is 0 Å². The van der Waals surface area contributed by atoms with E-state index in [4.69, 9.17) is 9.84 Å². The van der Waals surface area contributed by atoms with E-state index in [-0.39, 0.29) is 12.3 Å². The first-order valence-corrected chi connectivity index (χ1v) is 7.70. The quantitative estimate of drug-likeness (QED) is 0.818. The molecule has 0 saturated heterocycles. The van der Waals surface area contributed by atoms with Crippen molar-refractivity contribution in [3.8, 4) is 5.75 Å². The van der Waals surface area contributed by atoms with Crippen LogP contribution in [0.1, 0.15) is 17.5 Å². The smallest absolute Gasteiger partial charge is 0.304 e. The number of benzene rings is 2. The van der Waals surface area contributed by atoms with Gasteiger partial charge in [-0.15, -0.1) is 0 Å². The van der Waals surface area contributed by atoms with Crippen LogP contribution < -0.4 is 10.1 Å². The highest BCUT2D eigenvalue weighted by Crippen LogP contribution is 2.19. The molecule has 0 bridgehead atoms. The van der Waals surface area contributed by atoms with E-state index in [1.165, 1.54) is 0 Å². The zero-order chi connectivity index (χ0) is 17.5. The topological polar surface area (TPSA) is 75.6 Å². The van der Waals surface area contributed by atoms with Gasteiger partial charge in [0.05, 0.1) is 19.4 Å². The molecule has 2 N–H and O–H groups in total. The lowest BCUT2D eigenvalue weighted by molar-refractivity contribution is -0.140. The van der Waals surface area contributed by atoms with Crippen LogP contribution in [0.15, 0.2) is 48.5 Å². The summed E-state index contributed by atoms with van der Waals surface area (Å²) in [6.07, 6.45) is 0.171. The summed E-state index contributed by atoms with van der Waals surface area (Å²) in [5.74, 6) is -1.23. The van der Waals surface area contributed by atoms with Crippen LogP contribution in [0.3, 0.4) is 0 Å². The summed E-state index contributed by atoms with van der Waals surface area (Å²) < 4.78 is 5.07. The van der Waals surface area contributed by atoms with Crippen molar-refractivity contribution in [2.45, 2.75) is 19.8 Å². The number of anilines is 1. The van der Waals surface area contributed by atoms with E-state index in [2.05, 4.69) is 5.32 Å². The monoisotopic (exact) mass is 327 g/mol. The highest BCUT2D eigenvalue weighted by molar-refractivity contribution is 5.94. The molecule has 0 spiro atoms. The van der Waals surface area contributed by atoms with Gasteiger partial charge in [-0.05, 0) is 43.2 Å². The standard InChI is InChI=1S/C19H21NO4/c1-13-3-5-14(6-4-13)11-15(12-18(21)22)19(23)20-16-7-9-17(24-2)10-8-16/h3-10,15H,11-12H2,1-2H3,(H,20,23)(H,21,22)/t15-/m0/s1. The third-order valence-corrected chi connectivity index (χ3v) is 3.75. The lowest BCUT2D eigenvalue weighted by Gasteiger charge is -2.15. The number of ether oxygens (including phenoxy) is 1. The Morgan fingerprint density at radius 3 is 2.25 bits per heavy atom. The number of carbonyl (C=O) groups excluding carboxylic acids is 1. The third kappa shape index (κ3) is 5.12. The molecular weight excluding hydrogens is 306 g/mol. The summed E-state index contributed by atoms with van der Waals surface area (Å²) in [4.78, 5) is 23.6. The first-order chi connectivity index (χ1) is 11.5. The first-order valence-electron chi connectivity index (χ1n) is 7.70. The zero-order valence-corrected chi connectivity index (χ0v) is 13.8. The molecule has 0 aromatic heterocycles. The van der Waals surface area contributed by atoms with Crippen LogP contribution >= 0.6 is 0 Å². The number of rotatable bonds is 7. The molecule has 0 heterocycles. The van der Waals surface area contributed by atoms with E-state index in [9.17, 15) is 9.59 Å². The van der Waals surface area contributed by atoms with Crippen molar-refractivity contribution in [1.82, 2.24) is 0 Å². The number of amides is 1. The van der Waals surface area contributed by atoms with Gasteiger partial charge in [-0.2, -0.15) is 0 Å². The summed E-state index contributed by atoms with van der Waals surface area (Å²) in [7, 11) is 1.57. The third-order valence-electron chi connectivity index (χ3n) is 3.75. The summed E-state index contributed by atoms with van der Waals surface area (Å²) >= 11 is 0. The molecule has 2 rings (SSSR count). The van der Waals surface area contributed by atoms with Crippen LogP contribution in [0.2, 0.25) is 0 Å². The molecule has 5 heteroatoms. The number of methoxy groups -OCH3 is 1. The van der Waals surface area contributed by atoms with Crippen LogP contribution in [0.25, 0.3) is 0 Å². The van der Waals surface area contributed by atoms with E-state index in [0.717, 1.165) is 11.1 Å². The molecule has 0 aliphatic heterocycles.